The molecule has 0 amide bonds. The average molecular weight is 447 g/mol. The van der Waals surface area contributed by atoms with Crippen molar-refractivity contribution in [3.8, 4) is 0 Å². The maximum Gasteiger partial charge on any atom is 0.0471 e. The van der Waals surface area contributed by atoms with Crippen LogP contribution in [0, 0.1) is 0 Å². The van der Waals surface area contributed by atoms with Gasteiger partial charge >= 0.3 is 0 Å². The first-order valence-electron chi connectivity index (χ1n) is 6.91. The zero-order valence-electron chi connectivity index (χ0n) is 12.0. The van der Waals surface area contributed by atoms with Crippen molar-refractivity contribution in [1.82, 2.24) is 0 Å². The summed E-state index contributed by atoms with van der Waals surface area (Å²) in [6.45, 7) is 0.206. The molecule has 0 saturated heterocycles. The van der Waals surface area contributed by atoms with Gasteiger partial charge in [-0.15, -0.1) is 0 Å². The zero-order valence-corrected chi connectivity index (χ0v) is 15.6. The molecular formula is C18H20HfO2. The molecule has 0 saturated carbocycles. The normalized spacial score (nSPS) is 11.5. The van der Waals surface area contributed by atoms with Gasteiger partial charge in [0.2, 0.25) is 0 Å². The van der Waals surface area contributed by atoms with Crippen molar-refractivity contribution in [3.05, 3.63) is 71.8 Å². The van der Waals surface area contributed by atoms with Crippen LogP contribution in [0.1, 0.15) is 24.0 Å². The summed E-state index contributed by atoms with van der Waals surface area (Å²) in [6.07, 6.45) is 1.18. The summed E-state index contributed by atoms with van der Waals surface area (Å²) >= 11 is 0. The maximum absolute atomic E-state index is 9.37. The van der Waals surface area contributed by atoms with Gasteiger partial charge < -0.3 is 10.2 Å². The third-order valence-electron chi connectivity index (χ3n) is 3.33. The van der Waals surface area contributed by atoms with E-state index in [4.69, 9.17) is 0 Å². The Kier molecular flexibility index (Phi) is 8.43. The fourth-order valence-electron chi connectivity index (χ4n) is 2.44. The minimum atomic E-state index is 0. The topological polar surface area (TPSA) is 40.5 Å². The summed E-state index contributed by atoms with van der Waals surface area (Å²) in [6, 6.07) is 20.1. The molecule has 0 aliphatic heterocycles. The molecule has 0 fully saturated rings. The molecule has 0 unspecified atom stereocenters. The first-order chi connectivity index (χ1) is 9.86. The first kappa shape index (κ1) is 18.0. The van der Waals surface area contributed by atoms with Crippen LogP contribution in [-0.2, 0) is 25.8 Å². The molecule has 2 aromatic rings. The Morgan fingerprint density at radius 1 is 0.619 bits per heavy atom. The monoisotopic (exact) mass is 448 g/mol. The number of hydrogen-bond acceptors (Lipinski definition) is 2. The van der Waals surface area contributed by atoms with E-state index in [1.165, 1.54) is 0 Å². The summed E-state index contributed by atoms with van der Waals surface area (Å²) in [5.74, 6) is 0. The van der Waals surface area contributed by atoms with E-state index in [0.717, 1.165) is 22.3 Å². The summed E-state index contributed by atoms with van der Waals surface area (Å²) in [5.41, 5.74) is 4.42. The largest absolute Gasteiger partial charge is 0.396 e. The van der Waals surface area contributed by atoms with Gasteiger partial charge in [0.15, 0.2) is 0 Å². The van der Waals surface area contributed by atoms with Crippen molar-refractivity contribution in [1.29, 1.82) is 0 Å². The summed E-state index contributed by atoms with van der Waals surface area (Å²) in [5, 5.41) is 18.7. The summed E-state index contributed by atoms with van der Waals surface area (Å²) < 4.78 is 0. The predicted molar refractivity (Wildman–Crippen MR) is 83.1 cm³/mol. The van der Waals surface area contributed by atoms with Gasteiger partial charge in [-0.05, 0) is 35.1 Å². The molecule has 0 heterocycles. The number of aliphatic hydroxyl groups excluding tert-OH is 2. The molecule has 2 rings (SSSR count). The van der Waals surface area contributed by atoms with Crippen molar-refractivity contribution in [2.24, 2.45) is 0 Å². The average Bonchev–Trinajstić information content (AvgIpc) is 2.52. The van der Waals surface area contributed by atoms with Crippen molar-refractivity contribution < 1.29 is 36.1 Å². The van der Waals surface area contributed by atoms with E-state index < -0.39 is 0 Å². The minimum absolute atomic E-state index is 0. The quantitative estimate of drug-likeness (QED) is 0.528. The molecule has 108 valence electrons. The van der Waals surface area contributed by atoms with Crippen LogP contribution in [0.3, 0.4) is 0 Å². The van der Waals surface area contributed by atoms with Crippen molar-refractivity contribution >= 4 is 11.1 Å². The molecule has 2 N–H and O–H groups in total. The van der Waals surface area contributed by atoms with E-state index in [1.807, 2.05) is 60.7 Å². The predicted octanol–water partition coefficient (Wildman–Crippen LogP) is 3.36. The summed E-state index contributed by atoms with van der Waals surface area (Å²) in [7, 11) is 0. The van der Waals surface area contributed by atoms with Gasteiger partial charge in [-0.25, -0.2) is 0 Å². The molecule has 0 radical (unpaired) electrons. The van der Waals surface area contributed by atoms with Gasteiger partial charge in [-0.3, -0.25) is 0 Å². The number of aliphatic hydroxyl groups is 2. The smallest absolute Gasteiger partial charge is 0.0471 e. The Morgan fingerprint density at radius 3 is 1.24 bits per heavy atom. The minimum Gasteiger partial charge on any atom is -0.396 e. The van der Waals surface area contributed by atoms with Crippen LogP contribution in [0.15, 0.2) is 60.7 Å². The Bertz CT molecular complexity index is 498. The van der Waals surface area contributed by atoms with Gasteiger partial charge in [-0.1, -0.05) is 60.7 Å². The third-order valence-corrected chi connectivity index (χ3v) is 3.33. The third kappa shape index (κ3) is 5.03. The number of hydrogen-bond donors (Lipinski definition) is 2. The van der Waals surface area contributed by atoms with Crippen LogP contribution < -0.4 is 0 Å². The Morgan fingerprint density at radius 2 is 0.952 bits per heavy atom. The number of benzene rings is 2. The van der Waals surface area contributed by atoms with E-state index in [1.54, 1.807) is 0 Å². The van der Waals surface area contributed by atoms with Gasteiger partial charge in [0.1, 0.15) is 0 Å². The second-order valence-electron chi connectivity index (χ2n) is 4.64. The van der Waals surface area contributed by atoms with Crippen LogP contribution in [0.25, 0.3) is 11.1 Å². The van der Waals surface area contributed by atoms with Gasteiger partial charge in [-0.2, -0.15) is 0 Å². The fourth-order valence-corrected chi connectivity index (χ4v) is 2.44. The van der Waals surface area contributed by atoms with Crippen LogP contribution in [-0.4, -0.2) is 23.4 Å². The molecule has 0 spiro atoms. The molecule has 2 nitrogen and oxygen atoms in total. The van der Waals surface area contributed by atoms with Gasteiger partial charge in [0, 0.05) is 39.1 Å². The van der Waals surface area contributed by atoms with E-state index in [-0.39, 0.29) is 39.1 Å². The molecular weight excluding hydrogens is 427 g/mol. The van der Waals surface area contributed by atoms with Crippen LogP contribution in [0.5, 0.6) is 0 Å². The second-order valence-corrected chi connectivity index (χ2v) is 4.64. The first-order valence-corrected chi connectivity index (χ1v) is 6.91. The van der Waals surface area contributed by atoms with Crippen molar-refractivity contribution in [2.45, 2.75) is 12.8 Å². The van der Waals surface area contributed by atoms with Crippen molar-refractivity contribution in [3.63, 3.8) is 0 Å². The van der Waals surface area contributed by atoms with Crippen molar-refractivity contribution in [2.75, 3.05) is 13.2 Å². The fraction of sp³-hybridized carbons (Fsp3) is 0.222. The van der Waals surface area contributed by atoms with E-state index in [2.05, 4.69) is 0 Å². The Hall–Kier alpha value is -1.03. The molecule has 0 bridgehead atoms. The molecule has 0 aromatic heterocycles. The van der Waals surface area contributed by atoms with Crippen LogP contribution >= 0.6 is 0 Å². The van der Waals surface area contributed by atoms with E-state index >= 15 is 0 Å². The molecule has 3 heteroatoms. The Labute approximate surface area is 144 Å². The van der Waals surface area contributed by atoms with Gasteiger partial charge in [0.25, 0.3) is 0 Å². The second kappa shape index (κ2) is 9.82. The molecule has 2 aromatic carbocycles. The van der Waals surface area contributed by atoms with Crippen LogP contribution in [0.2, 0.25) is 0 Å². The summed E-state index contributed by atoms with van der Waals surface area (Å²) in [4.78, 5) is 0. The maximum atomic E-state index is 9.37. The van der Waals surface area contributed by atoms with Crippen LogP contribution in [0.4, 0.5) is 0 Å². The Balaban J connectivity index is 0.00000220. The number of rotatable bonds is 6. The zero-order chi connectivity index (χ0) is 14.2. The molecule has 0 aliphatic rings. The van der Waals surface area contributed by atoms with Gasteiger partial charge in [0.05, 0.1) is 0 Å². The SMILES string of the molecule is OCC/C(=C(/CCO)c1ccccc1)c1ccccc1.[Hf]. The van der Waals surface area contributed by atoms with E-state index in [0.29, 0.717) is 12.8 Å². The molecule has 0 aliphatic carbocycles. The standard InChI is InChI=1S/C18H20O2.Hf/c19-13-11-17(15-7-3-1-4-8-15)18(12-14-20)16-9-5-2-6-10-16;/h1-10,19-20H,11-14H2;/b18-17+;. The van der Waals surface area contributed by atoms with E-state index in [9.17, 15) is 10.2 Å². The molecule has 21 heavy (non-hydrogen) atoms. The molecule has 0 atom stereocenters.